The minimum Gasteiger partial charge on any atom is -0.337 e. The largest absolute Gasteiger partial charge is 0.337 e. The molecule has 0 fully saturated rings. The average molecular weight is 308 g/mol. The zero-order chi connectivity index (χ0) is 15.2. The van der Waals surface area contributed by atoms with Gasteiger partial charge in [0, 0.05) is 30.5 Å². The smallest absolute Gasteiger partial charge is 0.319 e. The van der Waals surface area contributed by atoms with Gasteiger partial charge in [0.15, 0.2) is 5.82 Å². The van der Waals surface area contributed by atoms with Crippen LogP contribution in [0.15, 0.2) is 23.8 Å². The third-order valence-corrected chi connectivity index (χ3v) is 3.94. The second kappa shape index (κ2) is 7.12. The Morgan fingerprint density at radius 1 is 1.48 bits per heavy atom. The van der Waals surface area contributed by atoms with E-state index in [4.69, 9.17) is 0 Å². The van der Waals surface area contributed by atoms with Crippen molar-refractivity contribution in [2.24, 2.45) is 0 Å². The van der Waals surface area contributed by atoms with Crippen LogP contribution in [0.3, 0.4) is 0 Å². The molecular weight excluding hydrogens is 291 g/mol. The van der Waals surface area contributed by atoms with E-state index >= 15 is 0 Å². The molecule has 0 saturated carbocycles. The molecule has 0 spiro atoms. The number of aromatic nitrogens is 2. The predicted molar refractivity (Wildman–Crippen MR) is 81.1 cm³/mol. The summed E-state index contributed by atoms with van der Waals surface area (Å²) in [5.74, 6) is -0.150. The average Bonchev–Trinajstić information content (AvgIpc) is 2.90. The second-order valence-electron chi connectivity index (χ2n) is 4.82. The molecular formula is C14H17FN4OS. The standard InChI is InChI=1S/C14H17FN4OS/c1-9(2)13-18-10(8-21-13)3-6-17-14(20)19-12-4-5-16-7-11(12)15/h4-5,7-9H,3,6H2,1-2H3,(H2,16,17,19,20). The number of nitrogens with one attached hydrogen (secondary N) is 2. The van der Waals surface area contributed by atoms with Gasteiger partial charge >= 0.3 is 6.03 Å². The summed E-state index contributed by atoms with van der Waals surface area (Å²) in [6.07, 6.45) is 3.12. The molecule has 5 nitrogen and oxygen atoms in total. The first-order valence-electron chi connectivity index (χ1n) is 6.65. The fourth-order valence-electron chi connectivity index (χ4n) is 1.65. The number of hydrogen-bond acceptors (Lipinski definition) is 4. The Balaban J connectivity index is 1.78. The highest BCUT2D eigenvalue weighted by Gasteiger charge is 2.08. The number of thiazole rings is 1. The van der Waals surface area contributed by atoms with Crippen molar-refractivity contribution in [2.45, 2.75) is 26.2 Å². The molecule has 7 heteroatoms. The van der Waals surface area contributed by atoms with Gasteiger partial charge in [-0.3, -0.25) is 4.98 Å². The number of urea groups is 1. The van der Waals surface area contributed by atoms with Crippen LogP contribution in [0.2, 0.25) is 0 Å². The van der Waals surface area contributed by atoms with Crippen LogP contribution in [0.1, 0.15) is 30.5 Å². The molecule has 2 heterocycles. The maximum Gasteiger partial charge on any atom is 0.319 e. The molecule has 0 aromatic carbocycles. The Kier molecular flexibility index (Phi) is 5.21. The number of hydrogen-bond donors (Lipinski definition) is 2. The summed E-state index contributed by atoms with van der Waals surface area (Å²) in [6.45, 7) is 4.63. The van der Waals surface area contributed by atoms with Gasteiger partial charge in [-0.2, -0.15) is 0 Å². The van der Waals surface area contributed by atoms with Crippen molar-refractivity contribution >= 4 is 23.1 Å². The van der Waals surface area contributed by atoms with Crippen LogP contribution in [-0.2, 0) is 6.42 Å². The molecule has 2 rings (SSSR count). The summed E-state index contributed by atoms with van der Waals surface area (Å²) in [6, 6.07) is 0.962. The van der Waals surface area contributed by atoms with Crippen molar-refractivity contribution in [3.63, 3.8) is 0 Å². The molecule has 0 saturated heterocycles. The number of pyridine rings is 1. The van der Waals surface area contributed by atoms with Crippen molar-refractivity contribution in [2.75, 3.05) is 11.9 Å². The van der Waals surface area contributed by atoms with Crippen molar-refractivity contribution < 1.29 is 9.18 Å². The molecule has 0 atom stereocenters. The maximum absolute atomic E-state index is 13.3. The molecule has 0 unspecified atom stereocenters. The topological polar surface area (TPSA) is 66.9 Å². The van der Waals surface area contributed by atoms with E-state index in [2.05, 4.69) is 34.4 Å². The van der Waals surface area contributed by atoms with Crippen molar-refractivity contribution in [3.8, 4) is 0 Å². The minimum absolute atomic E-state index is 0.109. The molecule has 112 valence electrons. The van der Waals surface area contributed by atoms with Gasteiger partial charge in [0.25, 0.3) is 0 Å². The normalized spacial score (nSPS) is 10.7. The number of carbonyl (C=O) groups excluding carboxylic acids is 1. The van der Waals surface area contributed by atoms with Crippen molar-refractivity contribution in [1.29, 1.82) is 0 Å². The first-order valence-corrected chi connectivity index (χ1v) is 7.53. The van der Waals surface area contributed by atoms with Crippen LogP contribution in [0.25, 0.3) is 0 Å². The maximum atomic E-state index is 13.3. The molecule has 2 aromatic heterocycles. The van der Waals surface area contributed by atoms with Crippen LogP contribution < -0.4 is 10.6 Å². The Hall–Kier alpha value is -2.02. The molecule has 2 aromatic rings. The Morgan fingerprint density at radius 2 is 2.29 bits per heavy atom. The highest BCUT2D eigenvalue weighted by Crippen LogP contribution is 2.19. The number of amides is 2. The van der Waals surface area contributed by atoms with Crippen LogP contribution in [0.4, 0.5) is 14.9 Å². The quantitative estimate of drug-likeness (QED) is 0.891. The Morgan fingerprint density at radius 3 is 2.95 bits per heavy atom. The first kappa shape index (κ1) is 15.4. The number of rotatable bonds is 5. The highest BCUT2D eigenvalue weighted by molar-refractivity contribution is 7.09. The Labute approximate surface area is 126 Å². The van der Waals surface area contributed by atoms with Gasteiger partial charge in [0.1, 0.15) is 0 Å². The molecule has 0 bridgehead atoms. The van der Waals surface area contributed by atoms with E-state index in [1.807, 2.05) is 5.38 Å². The lowest BCUT2D eigenvalue weighted by Gasteiger charge is -2.07. The summed E-state index contributed by atoms with van der Waals surface area (Å²) < 4.78 is 13.3. The third-order valence-electron chi connectivity index (χ3n) is 2.75. The predicted octanol–water partition coefficient (Wildman–Crippen LogP) is 3.16. The van der Waals surface area contributed by atoms with E-state index in [1.54, 1.807) is 11.3 Å². The number of anilines is 1. The van der Waals surface area contributed by atoms with Gasteiger partial charge in [-0.15, -0.1) is 11.3 Å². The van der Waals surface area contributed by atoms with Gasteiger partial charge in [-0.1, -0.05) is 13.8 Å². The van der Waals surface area contributed by atoms with Crippen LogP contribution in [0, 0.1) is 5.82 Å². The summed E-state index contributed by atoms with van der Waals surface area (Å²) in [4.78, 5) is 19.7. The van der Waals surface area contributed by atoms with E-state index < -0.39 is 11.8 Å². The van der Waals surface area contributed by atoms with Crippen LogP contribution in [-0.4, -0.2) is 22.5 Å². The van der Waals surface area contributed by atoms with Gasteiger partial charge in [0.05, 0.1) is 22.6 Å². The van der Waals surface area contributed by atoms with Gasteiger partial charge < -0.3 is 10.6 Å². The summed E-state index contributed by atoms with van der Waals surface area (Å²) in [5, 5.41) is 8.20. The van der Waals surface area contributed by atoms with Gasteiger partial charge in [-0.05, 0) is 6.07 Å². The molecule has 0 aliphatic heterocycles. The Bertz CT molecular complexity index is 615. The zero-order valence-corrected chi connectivity index (χ0v) is 12.7. The monoisotopic (exact) mass is 308 g/mol. The molecule has 2 N–H and O–H groups in total. The third kappa shape index (κ3) is 4.49. The first-order chi connectivity index (χ1) is 10.1. The van der Waals surface area contributed by atoms with E-state index in [0.29, 0.717) is 18.9 Å². The fraction of sp³-hybridized carbons (Fsp3) is 0.357. The van der Waals surface area contributed by atoms with Crippen molar-refractivity contribution in [1.82, 2.24) is 15.3 Å². The van der Waals surface area contributed by atoms with E-state index in [1.165, 1.54) is 12.3 Å². The van der Waals surface area contributed by atoms with Crippen LogP contribution in [0.5, 0.6) is 0 Å². The molecule has 0 aliphatic carbocycles. The van der Waals surface area contributed by atoms with Crippen LogP contribution >= 0.6 is 11.3 Å². The summed E-state index contributed by atoms with van der Waals surface area (Å²) >= 11 is 1.63. The minimum atomic E-state index is -0.561. The SMILES string of the molecule is CC(C)c1nc(CCNC(=O)Nc2ccncc2F)cs1. The summed E-state index contributed by atoms with van der Waals surface area (Å²) in [7, 11) is 0. The molecule has 0 aliphatic rings. The van der Waals surface area contributed by atoms with Gasteiger partial charge in [-0.25, -0.2) is 14.2 Å². The second-order valence-corrected chi connectivity index (χ2v) is 5.71. The zero-order valence-electron chi connectivity index (χ0n) is 11.9. The summed E-state index contributed by atoms with van der Waals surface area (Å²) in [5.41, 5.74) is 1.07. The lowest BCUT2D eigenvalue weighted by atomic mass is 10.2. The van der Waals surface area contributed by atoms with E-state index in [9.17, 15) is 9.18 Å². The lowest BCUT2D eigenvalue weighted by molar-refractivity contribution is 0.252. The molecule has 2 amide bonds. The fourth-order valence-corrected chi connectivity index (χ4v) is 2.52. The van der Waals surface area contributed by atoms with Crippen molar-refractivity contribution in [3.05, 3.63) is 40.4 Å². The molecule has 0 radical (unpaired) electrons. The number of carbonyl (C=O) groups is 1. The molecule has 21 heavy (non-hydrogen) atoms. The number of halogens is 1. The number of nitrogens with zero attached hydrogens (tertiary/aromatic N) is 2. The highest BCUT2D eigenvalue weighted by atomic mass is 32.1. The van der Waals surface area contributed by atoms with Gasteiger partial charge in [0.2, 0.25) is 0 Å². The lowest BCUT2D eigenvalue weighted by Crippen LogP contribution is -2.30. The van der Waals surface area contributed by atoms with E-state index in [0.717, 1.165) is 16.9 Å². The van der Waals surface area contributed by atoms with E-state index in [-0.39, 0.29) is 5.69 Å².